The molecule has 2 aliphatic heterocycles. The Hall–Kier alpha value is -1.29. The van der Waals surface area contributed by atoms with Gasteiger partial charge in [0.05, 0.1) is 4.92 Å². The number of sulfonamides is 1. The molecule has 128 valence electrons. The minimum absolute atomic E-state index is 0. The highest BCUT2D eigenvalue weighted by atomic mass is 35.5. The van der Waals surface area contributed by atoms with E-state index in [4.69, 9.17) is 0 Å². The average molecular weight is 366 g/mol. The van der Waals surface area contributed by atoms with E-state index in [1.54, 1.807) is 0 Å². The predicted octanol–water partition coefficient (Wildman–Crippen LogP) is 1.53. The normalized spacial score (nSPS) is 24.7. The first-order valence-electron chi connectivity index (χ1n) is 7.00. The third-order valence-electron chi connectivity index (χ3n) is 4.49. The molecule has 1 N–H and O–H groups in total. The number of nitro groups is 1. The lowest BCUT2D eigenvalue weighted by atomic mass is 9.87. The van der Waals surface area contributed by atoms with Gasteiger partial charge >= 0.3 is 5.69 Å². The van der Waals surface area contributed by atoms with E-state index in [9.17, 15) is 22.9 Å². The minimum Gasteiger partial charge on any atom is -0.316 e. The number of nitro benzene ring substituents is 1. The van der Waals surface area contributed by atoms with Gasteiger partial charge in [0.25, 0.3) is 0 Å². The number of rotatable bonds is 3. The minimum atomic E-state index is -4.08. The number of hydrogen-bond donors (Lipinski definition) is 1. The molecule has 0 amide bonds. The molecule has 1 atom stereocenters. The van der Waals surface area contributed by atoms with Crippen LogP contribution in [0.1, 0.15) is 12.8 Å². The lowest BCUT2D eigenvalue weighted by Crippen LogP contribution is -2.33. The van der Waals surface area contributed by atoms with Crippen molar-refractivity contribution in [1.29, 1.82) is 0 Å². The molecule has 2 fully saturated rings. The van der Waals surface area contributed by atoms with E-state index in [1.165, 1.54) is 10.4 Å². The summed E-state index contributed by atoms with van der Waals surface area (Å²) in [5.41, 5.74) is -1.08. The summed E-state index contributed by atoms with van der Waals surface area (Å²) in [6.45, 7) is 2.20. The van der Waals surface area contributed by atoms with Crippen molar-refractivity contribution < 1.29 is 17.7 Å². The summed E-state index contributed by atoms with van der Waals surface area (Å²) in [7, 11) is -4.08. The van der Waals surface area contributed by atoms with Gasteiger partial charge in [-0.25, -0.2) is 8.42 Å². The van der Waals surface area contributed by atoms with Crippen LogP contribution in [0, 0.1) is 21.3 Å². The smallest absolute Gasteiger partial charge is 0.316 e. The molecule has 10 heteroatoms. The standard InChI is InChI=1S/C13H16FN3O4S.ClH/c14-10-2-1-3-11(12(10)17(18)19)22(20,21)16-7-5-13(9-16)4-6-15-8-13;/h1-3,15H,4-9H2;1H. The number of para-hydroxylation sites is 1. The Bertz CT molecular complexity index is 722. The molecule has 2 aliphatic rings. The van der Waals surface area contributed by atoms with Crippen molar-refractivity contribution in [3.63, 3.8) is 0 Å². The topological polar surface area (TPSA) is 92.5 Å². The summed E-state index contributed by atoms with van der Waals surface area (Å²) in [6.07, 6.45) is 1.59. The second-order valence-corrected chi connectivity index (χ2v) is 7.77. The Labute approximate surface area is 139 Å². The fraction of sp³-hybridized carbons (Fsp3) is 0.538. The molecule has 0 bridgehead atoms. The van der Waals surface area contributed by atoms with Gasteiger partial charge in [-0.15, -0.1) is 12.4 Å². The summed E-state index contributed by atoms with van der Waals surface area (Å²) in [6, 6.07) is 3.16. The van der Waals surface area contributed by atoms with E-state index in [2.05, 4.69) is 5.32 Å². The number of nitrogens with zero attached hydrogens (tertiary/aromatic N) is 2. The SMILES string of the molecule is Cl.O=[N+]([O-])c1c(F)cccc1S(=O)(=O)N1CCC2(CCNC2)C1. The Morgan fingerprint density at radius 1 is 1.35 bits per heavy atom. The Morgan fingerprint density at radius 3 is 2.70 bits per heavy atom. The van der Waals surface area contributed by atoms with Gasteiger partial charge in [-0.2, -0.15) is 8.70 Å². The van der Waals surface area contributed by atoms with E-state index in [0.717, 1.165) is 31.6 Å². The molecule has 0 radical (unpaired) electrons. The van der Waals surface area contributed by atoms with Crippen LogP contribution < -0.4 is 5.32 Å². The van der Waals surface area contributed by atoms with Crippen molar-refractivity contribution in [2.75, 3.05) is 26.2 Å². The van der Waals surface area contributed by atoms with Crippen LogP contribution in [-0.4, -0.2) is 43.8 Å². The van der Waals surface area contributed by atoms with Gasteiger partial charge in [-0.3, -0.25) is 10.1 Å². The molecule has 3 rings (SSSR count). The van der Waals surface area contributed by atoms with Crippen molar-refractivity contribution in [2.45, 2.75) is 17.7 Å². The van der Waals surface area contributed by atoms with Crippen LogP contribution >= 0.6 is 12.4 Å². The molecule has 1 aromatic rings. The highest BCUT2D eigenvalue weighted by Gasteiger charge is 2.46. The molecular weight excluding hydrogens is 349 g/mol. The summed E-state index contributed by atoms with van der Waals surface area (Å²) in [4.78, 5) is 9.48. The van der Waals surface area contributed by atoms with E-state index in [-0.39, 0.29) is 17.8 Å². The van der Waals surface area contributed by atoms with E-state index < -0.39 is 31.3 Å². The summed E-state index contributed by atoms with van der Waals surface area (Å²) in [5, 5.41) is 14.2. The highest BCUT2D eigenvalue weighted by molar-refractivity contribution is 7.89. The second-order valence-electron chi connectivity index (χ2n) is 5.86. The first-order chi connectivity index (χ1) is 10.4. The van der Waals surface area contributed by atoms with Crippen molar-refractivity contribution in [3.05, 3.63) is 34.1 Å². The van der Waals surface area contributed by atoms with E-state index in [1.807, 2.05) is 0 Å². The molecule has 0 saturated carbocycles. The van der Waals surface area contributed by atoms with Gasteiger partial charge in [0, 0.05) is 19.6 Å². The molecule has 0 aliphatic carbocycles. The van der Waals surface area contributed by atoms with Crippen LogP contribution in [0.25, 0.3) is 0 Å². The number of halogens is 2. The van der Waals surface area contributed by atoms with Crippen molar-refractivity contribution in [2.24, 2.45) is 5.41 Å². The summed E-state index contributed by atoms with van der Waals surface area (Å²) < 4.78 is 40.3. The third-order valence-corrected chi connectivity index (χ3v) is 6.36. The zero-order valence-electron chi connectivity index (χ0n) is 12.2. The predicted molar refractivity (Wildman–Crippen MR) is 83.6 cm³/mol. The third kappa shape index (κ3) is 3.06. The number of hydrogen-bond acceptors (Lipinski definition) is 5. The molecule has 2 heterocycles. The Morgan fingerprint density at radius 2 is 2.09 bits per heavy atom. The summed E-state index contributed by atoms with van der Waals surface area (Å²) >= 11 is 0. The van der Waals surface area contributed by atoms with Crippen LogP contribution in [-0.2, 0) is 10.0 Å². The van der Waals surface area contributed by atoms with Crippen molar-refractivity contribution in [1.82, 2.24) is 9.62 Å². The van der Waals surface area contributed by atoms with Crippen LogP contribution in [0.5, 0.6) is 0 Å². The molecule has 1 unspecified atom stereocenters. The van der Waals surface area contributed by atoms with Gasteiger partial charge < -0.3 is 5.32 Å². The molecule has 1 spiro atoms. The first-order valence-corrected chi connectivity index (χ1v) is 8.44. The zero-order chi connectivity index (χ0) is 16.0. The monoisotopic (exact) mass is 365 g/mol. The fourth-order valence-electron chi connectivity index (χ4n) is 3.26. The maximum atomic E-state index is 13.7. The average Bonchev–Trinajstić information content (AvgIpc) is 3.09. The molecule has 1 aromatic carbocycles. The molecule has 2 saturated heterocycles. The Kier molecular flexibility index (Phi) is 4.95. The van der Waals surface area contributed by atoms with Gasteiger partial charge in [0.15, 0.2) is 4.90 Å². The quantitative estimate of drug-likeness (QED) is 0.647. The highest BCUT2D eigenvalue weighted by Crippen LogP contribution is 2.39. The maximum Gasteiger partial charge on any atom is 0.324 e. The van der Waals surface area contributed by atoms with E-state index in [0.29, 0.717) is 19.5 Å². The second kappa shape index (κ2) is 6.31. The zero-order valence-corrected chi connectivity index (χ0v) is 13.8. The molecule has 7 nitrogen and oxygen atoms in total. The molecular formula is C13H17ClFN3O4S. The van der Waals surface area contributed by atoms with Gasteiger partial charge in [-0.1, -0.05) is 6.07 Å². The van der Waals surface area contributed by atoms with Crippen LogP contribution in [0.3, 0.4) is 0 Å². The van der Waals surface area contributed by atoms with E-state index >= 15 is 0 Å². The number of benzene rings is 1. The lowest BCUT2D eigenvalue weighted by Gasteiger charge is -2.22. The maximum absolute atomic E-state index is 13.7. The van der Waals surface area contributed by atoms with Crippen LogP contribution in [0.15, 0.2) is 23.1 Å². The fourth-order valence-corrected chi connectivity index (χ4v) is 4.98. The number of nitrogens with one attached hydrogen (secondary N) is 1. The van der Waals surface area contributed by atoms with Crippen LogP contribution in [0.4, 0.5) is 10.1 Å². The molecule has 0 aromatic heterocycles. The first kappa shape index (κ1) is 18.1. The lowest BCUT2D eigenvalue weighted by molar-refractivity contribution is -0.390. The van der Waals surface area contributed by atoms with Crippen LogP contribution in [0.2, 0.25) is 0 Å². The summed E-state index contributed by atoms with van der Waals surface area (Å²) in [5.74, 6) is -1.14. The van der Waals surface area contributed by atoms with Crippen molar-refractivity contribution in [3.8, 4) is 0 Å². The van der Waals surface area contributed by atoms with Crippen molar-refractivity contribution >= 4 is 28.1 Å². The van der Waals surface area contributed by atoms with Gasteiger partial charge in [-0.05, 0) is 36.9 Å². The van der Waals surface area contributed by atoms with Gasteiger partial charge in [0.2, 0.25) is 15.8 Å². The Balaban J connectivity index is 0.00000192. The molecule has 23 heavy (non-hydrogen) atoms. The largest absolute Gasteiger partial charge is 0.324 e. The van der Waals surface area contributed by atoms with Gasteiger partial charge in [0.1, 0.15) is 0 Å².